The first kappa shape index (κ1) is 11.1. The number of hydrogen-bond donors (Lipinski definition) is 0. The standard InChI is InChI=1S/C13H17Si/c1-5-12-6-8-13(9-7-12)10-11-14(2,3)4/h5-9H,1-4H3. The minimum absolute atomic E-state index is 1.12. The Morgan fingerprint density at radius 1 is 1.07 bits per heavy atom. The number of rotatable bonds is 1. The summed E-state index contributed by atoms with van der Waals surface area (Å²) in [6, 6.07) is 8.38. The summed E-state index contributed by atoms with van der Waals surface area (Å²) in [6.45, 7) is 8.82. The lowest BCUT2D eigenvalue weighted by Gasteiger charge is -2.03. The van der Waals surface area contributed by atoms with E-state index in [0.29, 0.717) is 0 Å². The van der Waals surface area contributed by atoms with Gasteiger partial charge in [-0.2, -0.15) is 0 Å². The fourth-order valence-corrected chi connectivity index (χ4v) is 1.54. The molecule has 0 aliphatic rings. The van der Waals surface area contributed by atoms with Gasteiger partial charge in [-0.1, -0.05) is 44.6 Å². The van der Waals surface area contributed by atoms with Crippen LogP contribution in [0.5, 0.6) is 0 Å². The molecule has 73 valence electrons. The molecule has 0 aliphatic carbocycles. The van der Waals surface area contributed by atoms with Gasteiger partial charge in [0.15, 0.2) is 0 Å². The molecule has 0 saturated heterocycles. The molecule has 1 heteroatoms. The smallest absolute Gasteiger partial charge is 0.127 e. The molecule has 0 nitrogen and oxygen atoms in total. The van der Waals surface area contributed by atoms with E-state index in [1.165, 1.54) is 5.56 Å². The average molecular weight is 201 g/mol. The summed E-state index contributed by atoms with van der Waals surface area (Å²) in [5.41, 5.74) is 5.73. The summed E-state index contributed by atoms with van der Waals surface area (Å²) in [7, 11) is -1.23. The van der Waals surface area contributed by atoms with Gasteiger partial charge in [0, 0.05) is 5.56 Å². The Hall–Kier alpha value is -1.00. The molecular formula is C13H17Si. The van der Waals surface area contributed by atoms with Crippen molar-refractivity contribution in [3.8, 4) is 11.5 Å². The molecule has 1 radical (unpaired) electrons. The van der Waals surface area contributed by atoms with Crippen LogP contribution in [0.3, 0.4) is 0 Å². The Balaban J connectivity index is 2.82. The van der Waals surface area contributed by atoms with E-state index in [4.69, 9.17) is 0 Å². The van der Waals surface area contributed by atoms with Gasteiger partial charge >= 0.3 is 0 Å². The largest absolute Gasteiger partial charge is 0.129 e. The highest BCUT2D eigenvalue weighted by Gasteiger charge is 2.07. The maximum atomic E-state index is 3.35. The molecular weight excluding hydrogens is 184 g/mol. The van der Waals surface area contributed by atoms with Crippen LogP contribution in [0, 0.1) is 17.9 Å². The molecule has 0 aliphatic heterocycles. The topological polar surface area (TPSA) is 0 Å². The molecule has 1 rings (SSSR count). The van der Waals surface area contributed by atoms with Crippen molar-refractivity contribution in [2.24, 2.45) is 0 Å². The van der Waals surface area contributed by atoms with Crippen LogP contribution >= 0.6 is 0 Å². The normalized spacial score (nSPS) is 10.6. The highest BCUT2D eigenvalue weighted by Crippen LogP contribution is 2.05. The summed E-state index contributed by atoms with van der Waals surface area (Å²) in [4.78, 5) is 0. The van der Waals surface area contributed by atoms with Crippen molar-refractivity contribution in [3.05, 3.63) is 41.8 Å². The van der Waals surface area contributed by atoms with Crippen molar-refractivity contribution in [1.29, 1.82) is 0 Å². The number of hydrogen-bond acceptors (Lipinski definition) is 0. The van der Waals surface area contributed by atoms with Gasteiger partial charge in [-0.05, 0) is 24.1 Å². The van der Waals surface area contributed by atoms with Gasteiger partial charge in [0.05, 0.1) is 0 Å². The second-order valence-electron chi connectivity index (χ2n) is 4.41. The van der Waals surface area contributed by atoms with Crippen molar-refractivity contribution in [3.63, 3.8) is 0 Å². The van der Waals surface area contributed by atoms with E-state index in [1.54, 1.807) is 0 Å². The van der Waals surface area contributed by atoms with Crippen LogP contribution in [-0.4, -0.2) is 8.07 Å². The van der Waals surface area contributed by atoms with E-state index in [9.17, 15) is 0 Å². The van der Waals surface area contributed by atoms with Crippen molar-refractivity contribution in [2.45, 2.75) is 26.6 Å². The van der Waals surface area contributed by atoms with Crippen LogP contribution < -0.4 is 0 Å². The molecule has 0 spiro atoms. The average Bonchev–Trinajstić information content (AvgIpc) is 2.14. The van der Waals surface area contributed by atoms with Crippen LogP contribution in [0.2, 0.25) is 19.6 Å². The fraction of sp³-hybridized carbons (Fsp3) is 0.308. The Morgan fingerprint density at radius 2 is 1.64 bits per heavy atom. The summed E-state index contributed by atoms with van der Waals surface area (Å²) in [5, 5.41) is 0. The second kappa shape index (κ2) is 4.48. The van der Waals surface area contributed by atoms with E-state index >= 15 is 0 Å². The van der Waals surface area contributed by atoms with Gasteiger partial charge in [-0.15, -0.1) is 5.54 Å². The van der Waals surface area contributed by atoms with Crippen molar-refractivity contribution < 1.29 is 0 Å². The predicted molar refractivity (Wildman–Crippen MR) is 65.7 cm³/mol. The zero-order valence-corrected chi connectivity index (χ0v) is 10.4. The van der Waals surface area contributed by atoms with Crippen molar-refractivity contribution in [1.82, 2.24) is 0 Å². The first-order valence-electron chi connectivity index (χ1n) is 4.94. The molecule has 1 aromatic rings. The van der Waals surface area contributed by atoms with Crippen LogP contribution in [0.4, 0.5) is 0 Å². The third-order valence-electron chi connectivity index (χ3n) is 1.83. The Labute approximate surface area is 88.4 Å². The lowest BCUT2D eigenvalue weighted by atomic mass is 10.1. The Bertz CT molecular complexity index is 344. The predicted octanol–water partition coefficient (Wildman–Crippen LogP) is 3.49. The van der Waals surface area contributed by atoms with Gasteiger partial charge in [0.1, 0.15) is 8.07 Å². The molecule has 0 bridgehead atoms. The van der Waals surface area contributed by atoms with E-state index in [-0.39, 0.29) is 0 Å². The molecule has 0 atom stereocenters. The summed E-state index contributed by atoms with van der Waals surface area (Å²) in [6.07, 6.45) is 2.09. The quantitative estimate of drug-likeness (QED) is 0.482. The van der Waals surface area contributed by atoms with E-state index < -0.39 is 8.07 Å². The summed E-state index contributed by atoms with van der Waals surface area (Å²) in [5.74, 6) is 3.23. The van der Waals surface area contributed by atoms with Crippen molar-refractivity contribution >= 4 is 8.07 Å². The zero-order chi connectivity index (χ0) is 10.6. The van der Waals surface area contributed by atoms with Crippen LogP contribution in [0.25, 0.3) is 0 Å². The van der Waals surface area contributed by atoms with E-state index in [0.717, 1.165) is 5.56 Å². The molecule has 0 fully saturated rings. The van der Waals surface area contributed by atoms with Gasteiger partial charge in [0.2, 0.25) is 0 Å². The fourth-order valence-electron chi connectivity index (χ4n) is 1.02. The zero-order valence-electron chi connectivity index (χ0n) is 9.39. The Kier molecular flexibility index (Phi) is 3.54. The van der Waals surface area contributed by atoms with Gasteiger partial charge < -0.3 is 0 Å². The van der Waals surface area contributed by atoms with Gasteiger partial charge in [0.25, 0.3) is 0 Å². The lowest BCUT2D eigenvalue weighted by Crippen LogP contribution is -2.16. The maximum Gasteiger partial charge on any atom is 0.129 e. The SMILES string of the molecule is C[CH]c1ccc(C#C[Si](C)(C)C)cc1. The molecule has 0 heterocycles. The summed E-state index contributed by atoms with van der Waals surface area (Å²) >= 11 is 0. The molecule has 0 saturated carbocycles. The minimum atomic E-state index is -1.23. The third kappa shape index (κ3) is 3.80. The molecule has 1 aromatic carbocycles. The van der Waals surface area contributed by atoms with Gasteiger partial charge in [-0.3, -0.25) is 0 Å². The van der Waals surface area contributed by atoms with Crippen molar-refractivity contribution in [2.75, 3.05) is 0 Å². The second-order valence-corrected chi connectivity index (χ2v) is 9.16. The summed E-state index contributed by atoms with van der Waals surface area (Å²) < 4.78 is 0. The first-order chi connectivity index (χ1) is 6.51. The molecule has 0 unspecified atom stereocenters. The monoisotopic (exact) mass is 201 g/mol. The highest BCUT2D eigenvalue weighted by molar-refractivity contribution is 6.83. The van der Waals surface area contributed by atoms with E-state index in [2.05, 4.69) is 61.8 Å². The maximum absolute atomic E-state index is 3.35. The first-order valence-corrected chi connectivity index (χ1v) is 8.44. The minimum Gasteiger partial charge on any atom is -0.127 e. The molecule has 0 N–H and O–H groups in total. The Morgan fingerprint density at radius 3 is 2.07 bits per heavy atom. The van der Waals surface area contributed by atoms with Crippen LogP contribution in [-0.2, 0) is 0 Å². The number of benzene rings is 1. The lowest BCUT2D eigenvalue weighted by molar-refractivity contribution is 1.42. The molecule has 14 heavy (non-hydrogen) atoms. The molecule has 0 aromatic heterocycles. The van der Waals surface area contributed by atoms with Gasteiger partial charge in [-0.25, -0.2) is 0 Å². The third-order valence-corrected chi connectivity index (χ3v) is 2.70. The van der Waals surface area contributed by atoms with Crippen LogP contribution in [0.15, 0.2) is 24.3 Å². The molecule has 0 amide bonds. The van der Waals surface area contributed by atoms with E-state index in [1.807, 2.05) is 6.92 Å². The van der Waals surface area contributed by atoms with Crippen LogP contribution in [0.1, 0.15) is 18.1 Å². The highest BCUT2D eigenvalue weighted by atomic mass is 28.3.